The topological polar surface area (TPSA) is 117 Å². The third-order valence-electron chi connectivity index (χ3n) is 3.09. The number of thioether (sulfide) groups is 1. The van der Waals surface area contributed by atoms with E-state index in [9.17, 15) is 19.7 Å². The number of hydrogen-bond acceptors (Lipinski definition) is 8. The molecule has 0 saturated carbocycles. The summed E-state index contributed by atoms with van der Waals surface area (Å²) in [6, 6.07) is 2.07. The van der Waals surface area contributed by atoms with E-state index >= 15 is 0 Å². The van der Waals surface area contributed by atoms with Crippen molar-refractivity contribution >= 4 is 29.5 Å². The maximum Gasteiger partial charge on any atom is 0.415 e. The number of ether oxygens (including phenoxy) is 3. The number of hydrogen-bond donors (Lipinski definition) is 1. The highest BCUT2D eigenvalue weighted by molar-refractivity contribution is 7.98. The first-order valence-electron chi connectivity index (χ1n) is 6.45. The van der Waals surface area contributed by atoms with Gasteiger partial charge in [-0.15, -0.1) is 0 Å². The lowest BCUT2D eigenvalue weighted by molar-refractivity contribution is -0.385. The minimum absolute atomic E-state index is 0.104. The second kappa shape index (κ2) is 7.18. The number of benzene rings is 1. The molecule has 1 atom stereocenters. The normalized spacial score (nSPS) is 16.7. The molecule has 1 aliphatic rings. The van der Waals surface area contributed by atoms with E-state index in [0.29, 0.717) is 11.3 Å². The molecule has 1 N–H and O–H groups in total. The van der Waals surface area contributed by atoms with Crippen molar-refractivity contribution in [2.24, 2.45) is 0 Å². The first-order valence-corrected chi connectivity index (χ1v) is 7.61. The molecule has 2 rings (SSSR count). The molecule has 1 aliphatic heterocycles. The van der Waals surface area contributed by atoms with E-state index in [1.165, 1.54) is 38.1 Å². The molecule has 1 saturated heterocycles. The van der Waals surface area contributed by atoms with E-state index < -0.39 is 23.0 Å². The number of alkyl carbamates (subject to hydrolysis) is 1. The fourth-order valence-electron chi connectivity index (χ4n) is 1.99. The molecule has 9 nitrogen and oxygen atoms in total. The van der Waals surface area contributed by atoms with Crippen LogP contribution in [-0.4, -0.2) is 43.0 Å². The molecule has 1 heterocycles. The van der Waals surface area contributed by atoms with Crippen LogP contribution in [0.3, 0.4) is 0 Å². The number of esters is 1. The monoisotopic (exact) mass is 342 g/mol. The minimum Gasteiger partial charge on any atom is -0.493 e. The van der Waals surface area contributed by atoms with E-state index in [4.69, 9.17) is 9.47 Å². The molecule has 0 bridgehead atoms. The predicted octanol–water partition coefficient (Wildman–Crippen LogP) is 1.48. The highest BCUT2D eigenvalue weighted by Crippen LogP contribution is 2.36. The zero-order valence-corrected chi connectivity index (χ0v) is 13.2. The Hall–Kier alpha value is -2.49. The Morgan fingerprint density at radius 3 is 2.48 bits per heavy atom. The SMILES string of the molecule is COc1cc(CSCC2NC(=O)OC2=O)c([N+](=O)[O-])cc1OC. The van der Waals surface area contributed by atoms with Crippen LogP contribution in [0.15, 0.2) is 12.1 Å². The minimum atomic E-state index is -0.780. The van der Waals surface area contributed by atoms with Crippen molar-refractivity contribution in [2.45, 2.75) is 11.8 Å². The fourth-order valence-corrected chi connectivity index (χ4v) is 3.01. The Kier molecular flexibility index (Phi) is 5.27. The summed E-state index contributed by atoms with van der Waals surface area (Å²) in [5.41, 5.74) is 0.323. The molecule has 1 aromatic rings. The summed E-state index contributed by atoms with van der Waals surface area (Å²) in [6.45, 7) is 0. The average Bonchev–Trinajstić information content (AvgIpc) is 2.84. The van der Waals surface area contributed by atoms with E-state index in [1.54, 1.807) is 0 Å². The summed E-state index contributed by atoms with van der Waals surface area (Å²) >= 11 is 1.26. The Balaban J connectivity index is 2.10. The van der Waals surface area contributed by atoms with Gasteiger partial charge in [-0.25, -0.2) is 9.59 Å². The standard InChI is InChI=1S/C13H14N2O7S/c1-20-10-3-7(9(15(18)19)4-11(10)21-2)5-23-6-8-12(16)22-13(17)14-8/h3-4,8H,5-6H2,1-2H3,(H,14,17). The molecule has 23 heavy (non-hydrogen) atoms. The lowest BCUT2D eigenvalue weighted by Crippen LogP contribution is -2.31. The van der Waals surface area contributed by atoms with Gasteiger partial charge in [-0.3, -0.25) is 10.1 Å². The van der Waals surface area contributed by atoms with Gasteiger partial charge >= 0.3 is 12.1 Å². The van der Waals surface area contributed by atoms with Crippen molar-refractivity contribution in [1.82, 2.24) is 5.32 Å². The Morgan fingerprint density at radius 1 is 1.30 bits per heavy atom. The second-order valence-electron chi connectivity index (χ2n) is 4.51. The van der Waals surface area contributed by atoms with Crippen molar-refractivity contribution in [3.05, 3.63) is 27.8 Å². The van der Waals surface area contributed by atoms with Crippen LogP contribution >= 0.6 is 11.8 Å². The summed E-state index contributed by atoms with van der Waals surface area (Å²) in [5.74, 6) is 0.498. The van der Waals surface area contributed by atoms with Crippen molar-refractivity contribution in [2.75, 3.05) is 20.0 Å². The lowest BCUT2D eigenvalue weighted by atomic mass is 10.2. The molecule has 1 aromatic carbocycles. The van der Waals surface area contributed by atoms with Crippen molar-refractivity contribution in [3.63, 3.8) is 0 Å². The maximum absolute atomic E-state index is 11.3. The van der Waals surface area contributed by atoms with Gasteiger partial charge in [0.15, 0.2) is 11.5 Å². The number of nitro groups is 1. The van der Waals surface area contributed by atoms with Gasteiger partial charge in [0.25, 0.3) is 5.69 Å². The highest BCUT2D eigenvalue weighted by Gasteiger charge is 2.32. The molecule has 124 valence electrons. The molecule has 1 amide bonds. The van der Waals surface area contributed by atoms with Gasteiger partial charge in [-0.05, 0) is 6.07 Å². The van der Waals surface area contributed by atoms with Gasteiger partial charge in [0.2, 0.25) is 0 Å². The number of nitro benzene ring substituents is 1. The molecule has 10 heteroatoms. The van der Waals surface area contributed by atoms with Crippen LogP contribution in [0.25, 0.3) is 0 Å². The molecule has 1 unspecified atom stereocenters. The number of carbonyl (C=O) groups is 2. The second-order valence-corrected chi connectivity index (χ2v) is 5.54. The van der Waals surface area contributed by atoms with Gasteiger partial charge in [0.05, 0.1) is 25.2 Å². The van der Waals surface area contributed by atoms with E-state index in [-0.39, 0.29) is 22.9 Å². The van der Waals surface area contributed by atoms with E-state index in [0.717, 1.165) is 0 Å². The first-order chi connectivity index (χ1) is 11.0. The van der Waals surface area contributed by atoms with E-state index in [1.807, 2.05) is 0 Å². The smallest absolute Gasteiger partial charge is 0.415 e. The van der Waals surface area contributed by atoms with Crippen molar-refractivity contribution in [3.8, 4) is 11.5 Å². The maximum atomic E-state index is 11.3. The van der Waals surface area contributed by atoms with Crippen molar-refractivity contribution in [1.29, 1.82) is 0 Å². The Morgan fingerprint density at radius 2 is 1.96 bits per heavy atom. The number of amides is 1. The predicted molar refractivity (Wildman–Crippen MR) is 80.8 cm³/mol. The molecular weight excluding hydrogens is 328 g/mol. The van der Waals surface area contributed by atoms with E-state index in [2.05, 4.69) is 10.1 Å². The number of carbonyl (C=O) groups excluding carboxylic acids is 2. The fraction of sp³-hybridized carbons (Fsp3) is 0.385. The molecule has 0 aromatic heterocycles. The summed E-state index contributed by atoms with van der Waals surface area (Å²) in [4.78, 5) is 32.9. The number of methoxy groups -OCH3 is 2. The molecule has 0 radical (unpaired) electrons. The molecular formula is C13H14N2O7S. The molecule has 0 spiro atoms. The average molecular weight is 342 g/mol. The Bertz CT molecular complexity index is 649. The van der Waals surface area contributed by atoms with Crippen LogP contribution in [-0.2, 0) is 15.3 Å². The van der Waals surface area contributed by atoms with Gasteiger partial charge in [-0.2, -0.15) is 11.8 Å². The van der Waals surface area contributed by atoms with Crippen molar-refractivity contribution < 1.29 is 28.7 Å². The number of rotatable bonds is 7. The lowest BCUT2D eigenvalue weighted by Gasteiger charge is -2.11. The third-order valence-corrected chi connectivity index (χ3v) is 4.18. The van der Waals surface area contributed by atoms with Gasteiger partial charge in [0, 0.05) is 17.1 Å². The van der Waals surface area contributed by atoms with Crippen LogP contribution in [0.2, 0.25) is 0 Å². The van der Waals surface area contributed by atoms with Crippen LogP contribution in [0, 0.1) is 10.1 Å². The van der Waals surface area contributed by atoms with Crippen LogP contribution in [0.1, 0.15) is 5.56 Å². The van der Waals surface area contributed by atoms with Crippen LogP contribution in [0.4, 0.5) is 10.5 Å². The summed E-state index contributed by atoms with van der Waals surface area (Å²) in [5, 5.41) is 13.5. The molecule has 0 aliphatic carbocycles. The van der Waals surface area contributed by atoms with Gasteiger partial charge < -0.3 is 19.5 Å². The number of cyclic esters (lactones) is 2. The summed E-state index contributed by atoms with van der Waals surface area (Å²) in [7, 11) is 2.83. The Labute approximate surface area is 135 Å². The van der Waals surface area contributed by atoms with Crippen LogP contribution < -0.4 is 14.8 Å². The zero-order chi connectivity index (χ0) is 17.0. The van der Waals surface area contributed by atoms with Gasteiger partial charge in [0.1, 0.15) is 6.04 Å². The van der Waals surface area contributed by atoms with Crippen LogP contribution in [0.5, 0.6) is 11.5 Å². The summed E-state index contributed by atoms with van der Waals surface area (Å²) < 4.78 is 14.5. The largest absolute Gasteiger partial charge is 0.493 e. The number of nitrogens with one attached hydrogen (secondary N) is 1. The molecule has 1 fully saturated rings. The quantitative estimate of drug-likeness (QED) is 0.343. The van der Waals surface area contributed by atoms with Gasteiger partial charge in [-0.1, -0.05) is 0 Å². The zero-order valence-electron chi connectivity index (χ0n) is 12.4. The number of nitrogens with zero attached hydrogens (tertiary/aromatic N) is 1. The highest BCUT2D eigenvalue weighted by atomic mass is 32.2. The first kappa shape index (κ1) is 16.9. The summed E-state index contributed by atoms with van der Waals surface area (Å²) in [6.07, 6.45) is -0.780. The third kappa shape index (κ3) is 3.83.